The van der Waals surface area contributed by atoms with Crippen LogP contribution in [0.4, 0.5) is 0 Å². The molecule has 22 heavy (non-hydrogen) atoms. The lowest BCUT2D eigenvalue weighted by Gasteiger charge is -2.10. The Morgan fingerprint density at radius 1 is 1.23 bits per heavy atom. The highest BCUT2D eigenvalue weighted by Gasteiger charge is 2.14. The number of benzene rings is 1. The molecule has 110 valence electrons. The molecule has 8 heteroatoms. The molecule has 0 aliphatic rings. The number of amides is 1. The van der Waals surface area contributed by atoms with Gasteiger partial charge in [-0.2, -0.15) is 4.68 Å². The van der Waals surface area contributed by atoms with Crippen LogP contribution in [0.3, 0.4) is 0 Å². The van der Waals surface area contributed by atoms with Gasteiger partial charge in [-0.3, -0.25) is 9.78 Å². The lowest BCUT2D eigenvalue weighted by atomic mass is 10.1. The zero-order valence-corrected chi connectivity index (χ0v) is 12.1. The van der Waals surface area contributed by atoms with Gasteiger partial charge in [-0.15, -0.1) is 5.10 Å². The monoisotopic (exact) mass is 314 g/mol. The fourth-order valence-electron chi connectivity index (χ4n) is 1.94. The molecule has 2 heterocycles. The van der Waals surface area contributed by atoms with Gasteiger partial charge < -0.3 is 5.32 Å². The van der Waals surface area contributed by atoms with Crippen LogP contribution < -0.4 is 5.32 Å². The first-order chi connectivity index (χ1) is 10.7. The molecular formula is C14H11ClN6O. The number of nitrogens with one attached hydrogen (secondary N) is 1. The number of rotatable bonds is 4. The van der Waals surface area contributed by atoms with Gasteiger partial charge in [-0.1, -0.05) is 11.6 Å². The predicted molar refractivity (Wildman–Crippen MR) is 79.6 cm³/mol. The van der Waals surface area contributed by atoms with E-state index in [0.717, 1.165) is 5.56 Å². The van der Waals surface area contributed by atoms with Gasteiger partial charge in [-0.05, 0) is 46.3 Å². The van der Waals surface area contributed by atoms with Crippen LogP contribution in [0.15, 0.2) is 49.1 Å². The number of carbonyl (C=O) groups is 1. The maximum absolute atomic E-state index is 12.4. The number of carbonyl (C=O) groups excluding carboxylic acids is 1. The number of halogens is 1. The molecular weight excluding hydrogens is 304 g/mol. The van der Waals surface area contributed by atoms with Gasteiger partial charge in [0.05, 0.1) is 11.3 Å². The summed E-state index contributed by atoms with van der Waals surface area (Å²) < 4.78 is 1.40. The second kappa shape index (κ2) is 6.31. The summed E-state index contributed by atoms with van der Waals surface area (Å²) in [5.74, 6) is -0.237. The Kier molecular flexibility index (Phi) is 4.06. The SMILES string of the molecule is O=C(NCc1ccncc1)c1ccc(Cl)cc1-n1cnnn1. The summed E-state index contributed by atoms with van der Waals surface area (Å²) in [6, 6.07) is 8.60. The first kappa shape index (κ1) is 14.2. The third kappa shape index (κ3) is 3.09. The first-order valence-electron chi connectivity index (χ1n) is 6.44. The normalized spacial score (nSPS) is 10.4. The average molecular weight is 315 g/mol. The van der Waals surface area contributed by atoms with Crippen molar-refractivity contribution in [2.75, 3.05) is 0 Å². The van der Waals surface area contributed by atoms with Crippen LogP contribution >= 0.6 is 11.6 Å². The quantitative estimate of drug-likeness (QED) is 0.791. The van der Waals surface area contributed by atoms with Crippen molar-refractivity contribution in [1.82, 2.24) is 30.5 Å². The number of pyridine rings is 1. The van der Waals surface area contributed by atoms with Gasteiger partial charge in [0, 0.05) is 24.0 Å². The van der Waals surface area contributed by atoms with E-state index in [4.69, 9.17) is 11.6 Å². The molecule has 0 saturated heterocycles. The molecule has 0 aliphatic heterocycles. The van der Waals surface area contributed by atoms with Crippen molar-refractivity contribution < 1.29 is 4.79 Å². The molecule has 2 aromatic heterocycles. The minimum Gasteiger partial charge on any atom is -0.348 e. The van der Waals surface area contributed by atoms with Crippen LogP contribution in [-0.2, 0) is 6.54 Å². The molecule has 3 aromatic rings. The first-order valence-corrected chi connectivity index (χ1v) is 6.82. The van der Waals surface area contributed by atoms with Gasteiger partial charge >= 0.3 is 0 Å². The van der Waals surface area contributed by atoms with E-state index in [0.29, 0.717) is 22.8 Å². The largest absolute Gasteiger partial charge is 0.348 e. The second-order valence-corrected chi connectivity index (χ2v) is 4.89. The molecule has 1 aromatic carbocycles. The van der Waals surface area contributed by atoms with E-state index >= 15 is 0 Å². The molecule has 1 N–H and O–H groups in total. The molecule has 0 radical (unpaired) electrons. The van der Waals surface area contributed by atoms with Crippen LogP contribution in [0.1, 0.15) is 15.9 Å². The summed E-state index contributed by atoms with van der Waals surface area (Å²) in [7, 11) is 0. The van der Waals surface area contributed by atoms with E-state index in [2.05, 4.69) is 25.8 Å². The van der Waals surface area contributed by atoms with Crippen LogP contribution in [0.25, 0.3) is 5.69 Å². The smallest absolute Gasteiger partial charge is 0.253 e. The van der Waals surface area contributed by atoms with Crippen LogP contribution in [0.2, 0.25) is 5.02 Å². The summed E-state index contributed by atoms with van der Waals surface area (Å²) in [5, 5.41) is 14.3. The molecule has 0 unspecified atom stereocenters. The number of hydrogen-bond donors (Lipinski definition) is 1. The van der Waals surface area contributed by atoms with Crippen LogP contribution in [0.5, 0.6) is 0 Å². The highest BCUT2D eigenvalue weighted by molar-refractivity contribution is 6.31. The van der Waals surface area contributed by atoms with Gasteiger partial charge in [0.15, 0.2) is 0 Å². The van der Waals surface area contributed by atoms with E-state index < -0.39 is 0 Å². The summed E-state index contributed by atoms with van der Waals surface area (Å²) in [4.78, 5) is 16.3. The van der Waals surface area contributed by atoms with Gasteiger partial charge in [-0.25, -0.2) is 0 Å². The Labute approximate surface area is 130 Å². The third-order valence-electron chi connectivity index (χ3n) is 3.00. The van der Waals surface area contributed by atoms with E-state index in [1.807, 2.05) is 12.1 Å². The summed E-state index contributed by atoms with van der Waals surface area (Å²) in [6.45, 7) is 0.402. The number of hydrogen-bond acceptors (Lipinski definition) is 5. The molecule has 0 fully saturated rings. The zero-order chi connectivity index (χ0) is 15.4. The molecule has 0 bridgehead atoms. The van der Waals surface area contributed by atoms with Gasteiger partial charge in [0.2, 0.25) is 0 Å². The highest BCUT2D eigenvalue weighted by Crippen LogP contribution is 2.19. The predicted octanol–water partition coefficient (Wildman–Crippen LogP) is 1.64. The van der Waals surface area contributed by atoms with E-state index in [1.165, 1.54) is 11.0 Å². The minimum absolute atomic E-state index is 0.237. The Hall–Kier alpha value is -2.80. The lowest BCUT2D eigenvalue weighted by Crippen LogP contribution is -2.24. The lowest BCUT2D eigenvalue weighted by molar-refractivity contribution is 0.0950. The summed E-state index contributed by atoms with van der Waals surface area (Å²) in [6.07, 6.45) is 4.76. The highest BCUT2D eigenvalue weighted by atomic mass is 35.5. The Bertz CT molecular complexity index is 775. The molecule has 0 spiro atoms. The molecule has 0 aliphatic carbocycles. The van der Waals surface area contributed by atoms with Crippen LogP contribution in [-0.4, -0.2) is 31.1 Å². The van der Waals surface area contributed by atoms with Crippen molar-refractivity contribution in [3.05, 3.63) is 65.2 Å². The summed E-state index contributed by atoms with van der Waals surface area (Å²) >= 11 is 5.99. The fraction of sp³-hybridized carbons (Fsp3) is 0.0714. The second-order valence-electron chi connectivity index (χ2n) is 4.45. The number of nitrogens with zero attached hydrogens (tertiary/aromatic N) is 5. The molecule has 0 saturated carbocycles. The molecule has 1 amide bonds. The minimum atomic E-state index is -0.237. The maximum Gasteiger partial charge on any atom is 0.253 e. The van der Waals surface area contributed by atoms with E-state index in [1.54, 1.807) is 30.6 Å². The van der Waals surface area contributed by atoms with Crippen molar-refractivity contribution in [2.24, 2.45) is 0 Å². The third-order valence-corrected chi connectivity index (χ3v) is 3.24. The van der Waals surface area contributed by atoms with Crippen molar-refractivity contribution in [3.8, 4) is 5.69 Å². The molecule has 0 atom stereocenters. The Morgan fingerprint density at radius 2 is 2.05 bits per heavy atom. The van der Waals surface area contributed by atoms with Crippen molar-refractivity contribution >= 4 is 17.5 Å². The topological polar surface area (TPSA) is 85.6 Å². The fourth-order valence-corrected chi connectivity index (χ4v) is 2.10. The Morgan fingerprint density at radius 3 is 2.77 bits per heavy atom. The Balaban J connectivity index is 1.83. The van der Waals surface area contributed by atoms with Gasteiger partial charge in [0.1, 0.15) is 6.33 Å². The van der Waals surface area contributed by atoms with Crippen molar-refractivity contribution in [2.45, 2.75) is 6.54 Å². The van der Waals surface area contributed by atoms with Crippen molar-refractivity contribution in [1.29, 1.82) is 0 Å². The average Bonchev–Trinajstić information content (AvgIpc) is 3.08. The maximum atomic E-state index is 12.4. The van der Waals surface area contributed by atoms with Crippen molar-refractivity contribution in [3.63, 3.8) is 0 Å². The standard InChI is InChI=1S/C14H11ClN6O/c15-11-1-2-12(13(7-11)21-9-18-19-20-21)14(22)17-8-10-3-5-16-6-4-10/h1-7,9H,8H2,(H,17,22). The van der Waals surface area contributed by atoms with E-state index in [-0.39, 0.29) is 5.91 Å². The summed E-state index contributed by atoms with van der Waals surface area (Å²) in [5.41, 5.74) is 1.91. The number of aromatic nitrogens is 5. The molecule has 3 rings (SSSR count). The van der Waals surface area contributed by atoms with E-state index in [9.17, 15) is 4.79 Å². The molecule has 7 nitrogen and oxygen atoms in total. The number of tetrazole rings is 1. The zero-order valence-electron chi connectivity index (χ0n) is 11.3. The van der Waals surface area contributed by atoms with Crippen LogP contribution in [0, 0.1) is 0 Å². The van der Waals surface area contributed by atoms with Gasteiger partial charge in [0.25, 0.3) is 5.91 Å².